The van der Waals surface area contributed by atoms with Crippen LogP contribution in [0.2, 0.25) is 5.02 Å². The zero-order valence-corrected chi connectivity index (χ0v) is 9.61. The van der Waals surface area contributed by atoms with Crippen LogP contribution in [0.3, 0.4) is 0 Å². The lowest BCUT2D eigenvalue weighted by molar-refractivity contribution is 1.12. The summed E-state index contributed by atoms with van der Waals surface area (Å²) < 4.78 is 0.769. The lowest BCUT2D eigenvalue weighted by Gasteiger charge is -2.02. The zero-order chi connectivity index (χ0) is 10.3. The molecule has 1 N–H and O–H groups in total. The van der Waals surface area contributed by atoms with Crippen molar-refractivity contribution in [1.82, 2.24) is 9.97 Å². The molecule has 0 atom stereocenters. The van der Waals surface area contributed by atoms with E-state index < -0.39 is 0 Å². The molecule has 0 radical (unpaired) electrons. The maximum absolute atomic E-state index is 11.3. The number of aromatic nitrogens is 2. The highest BCUT2D eigenvalue weighted by molar-refractivity contribution is 9.10. The molecule has 72 valence electrons. The van der Waals surface area contributed by atoms with Gasteiger partial charge < -0.3 is 4.98 Å². The average molecular weight is 274 g/mol. The number of halogens is 2. The summed E-state index contributed by atoms with van der Waals surface area (Å²) in [4.78, 5) is 18.1. The third kappa shape index (κ3) is 1.44. The van der Waals surface area contributed by atoms with Gasteiger partial charge in [0.15, 0.2) is 0 Å². The molecule has 0 aliphatic heterocycles. The van der Waals surface area contributed by atoms with Crippen molar-refractivity contribution in [2.24, 2.45) is 0 Å². The molecule has 1 heterocycles. The minimum Gasteiger partial charge on any atom is -0.319 e. The number of fused-ring (bicyclic) bond motifs is 1. The monoisotopic (exact) mass is 272 g/mol. The second kappa shape index (κ2) is 3.37. The fourth-order valence-electron chi connectivity index (χ4n) is 1.18. The molecule has 2 rings (SSSR count). The molecular weight excluding hydrogens is 267 g/mol. The van der Waals surface area contributed by atoms with E-state index in [4.69, 9.17) is 11.6 Å². The van der Waals surface area contributed by atoms with Crippen LogP contribution in [0.5, 0.6) is 0 Å². The second-order valence-corrected chi connectivity index (χ2v) is 4.14. The predicted octanol–water partition coefficient (Wildman–Crippen LogP) is 2.65. The first kappa shape index (κ1) is 9.68. The van der Waals surface area contributed by atoms with Gasteiger partial charge >= 0.3 is 0 Å². The molecule has 0 spiro atoms. The largest absolute Gasteiger partial charge is 0.319 e. The first-order valence-electron chi connectivity index (χ1n) is 3.94. The first-order valence-corrected chi connectivity index (χ1v) is 5.11. The molecule has 1 aromatic carbocycles. The Balaban J connectivity index is 2.97. The van der Waals surface area contributed by atoms with Gasteiger partial charge in [0.2, 0.25) is 0 Å². The van der Waals surface area contributed by atoms with Gasteiger partial charge in [0, 0.05) is 4.47 Å². The maximum atomic E-state index is 11.3. The van der Waals surface area contributed by atoms with Crippen LogP contribution >= 0.6 is 27.5 Å². The third-order valence-corrected chi connectivity index (χ3v) is 3.20. The molecule has 5 heteroatoms. The van der Waals surface area contributed by atoms with Gasteiger partial charge in [0.1, 0.15) is 11.2 Å². The molecule has 0 saturated carbocycles. The van der Waals surface area contributed by atoms with E-state index in [1.807, 2.05) is 0 Å². The van der Waals surface area contributed by atoms with E-state index >= 15 is 0 Å². The van der Waals surface area contributed by atoms with Crippen molar-refractivity contribution >= 4 is 38.6 Å². The van der Waals surface area contributed by atoms with E-state index in [0.717, 1.165) is 4.47 Å². The molecule has 2 aromatic rings. The summed E-state index contributed by atoms with van der Waals surface area (Å²) in [6.07, 6.45) is 0. The summed E-state index contributed by atoms with van der Waals surface area (Å²) in [7, 11) is 0. The van der Waals surface area contributed by atoms with Gasteiger partial charge in [-0.1, -0.05) is 11.6 Å². The predicted molar refractivity (Wildman–Crippen MR) is 59.8 cm³/mol. The number of nitrogens with zero attached hydrogens (tertiary/aromatic N) is 1. The number of benzene rings is 1. The van der Waals surface area contributed by atoms with E-state index in [1.165, 1.54) is 0 Å². The molecule has 0 aliphatic rings. The lowest BCUT2D eigenvalue weighted by Crippen LogP contribution is -2.11. The van der Waals surface area contributed by atoms with Gasteiger partial charge in [-0.15, -0.1) is 0 Å². The molecule has 0 aliphatic carbocycles. The highest BCUT2D eigenvalue weighted by Gasteiger charge is 2.06. The molecule has 1 aromatic heterocycles. The fourth-order valence-corrected chi connectivity index (χ4v) is 1.71. The topological polar surface area (TPSA) is 45.8 Å². The molecule has 14 heavy (non-hydrogen) atoms. The summed E-state index contributed by atoms with van der Waals surface area (Å²) >= 11 is 9.31. The van der Waals surface area contributed by atoms with Crippen LogP contribution in [0.15, 0.2) is 21.4 Å². The van der Waals surface area contributed by atoms with E-state index in [1.54, 1.807) is 19.1 Å². The summed E-state index contributed by atoms with van der Waals surface area (Å²) in [6, 6.07) is 3.54. The van der Waals surface area contributed by atoms with Crippen molar-refractivity contribution < 1.29 is 0 Å². The second-order valence-electron chi connectivity index (χ2n) is 2.91. The molecule has 3 nitrogen and oxygen atoms in total. The molecule has 0 fully saturated rings. The van der Waals surface area contributed by atoms with Crippen molar-refractivity contribution in [3.8, 4) is 0 Å². The Morgan fingerprint density at radius 3 is 2.93 bits per heavy atom. The van der Waals surface area contributed by atoms with E-state index in [0.29, 0.717) is 21.7 Å². The standard InChI is InChI=1S/C9H6BrClN2O/c1-4-9(14)13-6-3-2-5(10)7(11)8(6)12-4/h2-3H,1H3,(H,13,14). The van der Waals surface area contributed by atoms with Crippen LogP contribution in [0.25, 0.3) is 11.0 Å². The Morgan fingerprint density at radius 2 is 2.21 bits per heavy atom. The Labute approximate surface area is 93.2 Å². The number of aromatic amines is 1. The summed E-state index contributed by atoms with van der Waals surface area (Å²) in [5.74, 6) is 0. The van der Waals surface area contributed by atoms with Crippen LogP contribution in [0.1, 0.15) is 5.69 Å². The smallest absolute Gasteiger partial charge is 0.269 e. The lowest BCUT2D eigenvalue weighted by atomic mass is 10.3. The zero-order valence-electron chi connectivity index (χ0n) is 7.27. The summed E-state index contributed by atoms with van der Waals surface area (Å²) in [5.41, 5.74) is 1.49. The Hall–Kier alpha value is -0.870. The van der Waals surface area contributed by atoms with Crippen LogP contribution < -0.4 is 5.56 Å². The fraction of sp³-hybridized carbons (Fsp3) is 0.111. The normalized spacial score (nSPS) is 10.8. The van der Waals surface area contributed by atoms with Crippen molar-refractivity contribution in [1.29, 1.82) is 0 Å². The van der Waals surface area contributed by atoms with Gasteiger partial charge in [-0.3, -0.25) is 4.79 Å². The SMILES string of the molecule is Cc1nc2c(Cl)c(Br)ccc2[nH]c1=O. The number of aryl methyl sites for hydroxylation is 1. The highest BCUT2D eigenvalue weighted by atomic mass is 79.9. The van der Waals surface area contributed by atoms with Gasteiger partial charge in [-0.2, -0.15) is 0 Å². The summed E-state index contributed by atoms with van der Waals surface area (Å²) in [6.45, 7) is 1.65. The maximum Gasteiger partial charge on any atom is 0.269 e. The molecule has 0 saturated heterocycles. The van der Waals surface area contributed by atoms with E-state index in [9.17, 15) is 4.79 Å². The molecular formula is C9H6BrClN2O. The first-order chi connectivity index (χ1) is 6.59. The number of rotatable bonds is 0. The van der Waals surface area contributed by atoms with Crippen molar-refractivity contribution in [2.45, 2.75) is 6.92 Å². The van der Waals surface area contributed by atoms with Gasteiger partial charge in [0.25, 0.3) is 5.56 Å². The third-order valence-electron chi connectivity index (χ3n) is 1.93. The number of H-pyrrole nitrogens is 1. The Morgan fingerprint density at radius 1 is 1.50 bits per heavy atom. The molecule has 0 bridgehead atoms. The van der Waals surface area contributed by atoms with E-state index in [-0.39, 0.29) is 5.56 Å². The highest BCUT2D eigenvalue weighted by Crippen LogP contribution is 2.28. The van der Waals surface area contributed by atoms with Gasteiger partial charge in [-0.05, 0) is 35.0 Å². The molecule has 0 amide bonds. The number of nitrogens with one attached hydrogen (secondary N) is 1. The van der Waals surface area contributed by atoms with E-state index in [2.05, 4.69) is 25.9 Å². The number of hydrogen-bond donors (Lipinski definition) is 1. The van der Waals surface area contributed by atoms with Gasteiger partial charge in [-0.25, -0.2) is 4.98 Å². The van der Waals surface area contributed by atoms with Gasteiger partial charge in [0.05, 0.1) is 10.5 Å². The minimum absolute atomic E-state index is 0.184. The minimum atomic E-state index is -0.184. The number of hydrogen-bond acceptors (Lipinski definition) is 2. The Bertz CT molecular complexity index is 564. The average Bonchev–Trinajstić information content (AvgIpc) is 2.15. The van der Waals surface area contributed by atoms with Crippen LogP contribution in [0, 0.1) is 6.92 Å². The van der Waals surface area contributed by atoms with Crippen LogP contribution in [0.4, 0.5) is 0 Å². The summed E-state index contributed by atoms with van der Waals surface area (Å²) in [5, 5.41) is 0.516. The van der Waals surface area contributed by atoms with Crippen LogP contribution in [-0.2, 0) is 0 Å². The Kier molecular flexibility index (Phi) is 2.33. The molecule has 0 unspecified atom stereocenters. The van der Waals surface area contributed by atoms with Crippen molar-refractivity contribution in [2.75, 3.05) is 0 Å². The van der Waals surface area contributed by atoms with Crippen molar-refractivity contribution in [3.05, 3.63) is 37.7 Å². The van der Waals surface area contributed by atoms with Crippen molar-refractivity contribution in [3.63, 3.8) is 0 Å². The van der Waals surface area contributed by atoms with Crippen LogP contribution in [-0.4, -0.2) is 9.97 Å². The quantitative estimate of drug-likeness (QED) is 0.802.